The lowest BCUT2D eigenvalue weighted by Gasteiger charge is -2.17. The first-order chi connectivity index (χ1) is 10.3. The van der Waals surface area contributed by atoms with Crippen LogP contribution in [0.1, 0.15) is 27.9 Å². The van der Waals surface area contributed by atoms with E-state index in [0.717, 1.165) is 30.8 Å². The lowest BCUT2D eigenvalue weighted by atomic mass is 10.0. The Balaban J connectivity index is 1.80. The molecule has 0 atom stereocenters. The maximum atomic E-state index is 12.3. The average molecular weight is 278 g/mol. The van der Waals surface area contributed by atoms with Gasteiger partial charge in [-0.15, -0.1) is 0 Å². The van der Waals surface area contributed by atoms with Gasteiger partial charge in [-0.05, 0) is 54.8 Å². The number of nitriles is 1. The molecule has 0 unspecified atom stereocenters. The number of hydrogen-bond donors (Lipinski definition) is 1. The van der Waals surface area contributed by atoms with Gasteiger partial charge in [0.25, 0.3) is 5.91 Å². The molecule has 4 nitrogen and oxygen atoms in total. The number of amides is 1. The number of benzene rings is 2. The van der Waals surface area contributed by atoms with Crippen LogP contribution in [-0.2, 0) is 6.42 Å². The Morgan fingerprint density at radius 1 is 1.24 bits per heavy atom. The van der Waals surface area contributed by atoms with Gasteiger partial charge in [0.2, 0.25) is 0 Å². The van der Waals surface area contributed by atoms with Crippen LogP contribution in [0.4, 0.5) is 5.69 Å². The standard InChI is InChI=1S/C17H14N2O2/c18-11-12-3-1-5-15(9-12)19-17(20)14-6-7-16-13(10-14)4-2-8-21-16/h1,3,5-7,9-10H,2,4,8H2,(H,19,20). The summed E-state index contributed by atoms with van der Waals surface area (Å²) < 4.78 is 5.54. The number of carbonyl (C=O) groups is 1. The molecule has 0 fully saturated rings. The van der Waals surface area contributed by atoms with E-state index in [1.165, 1.54) is 0 Å². The van der Waals surface area contributed by atoms with Gasteiger partial charge in [-0.25, -0.2) is 0 Å². The number of hydrogen-bond acceptors (Lipinski definition) is 3. The molecule has 1 heterocycles. The van der Waals surface area contributed by atoms with E-state index in [-0.39, 0.29) is 5.91 Å². The highest BCUT2D eigenvalue weighted by Gasteiger charge is 2.14. The Labute approximate surface area is 123 Å². The van der Waals surface area contributed by atoms with Crippen LogP contribution in [0.5, 0.6) is 5.75 Å². The van der Waals surface area contributed by atoms with Crippen LogP contribution in [0.25, 0.3) is 0 Å². The SMILES string of the molecule is N#Cc1cccc(NC(=O)c2ccc3c(c2)CCCO3)c1. The molecule has 3 rings (SSSR count). The van der Waals surface area contributed by atoms with Gasteiger partial charge in [-0.3, -0.25) is 4.79 Å². The van der Waals surface area contributed by atoms with Crippen molar-refractivity contribution in [2.24, 2.45) is 0 Å². The summed E-state index contributed by atoms with van der Waals surface area (Å²) in [4.78, 5) is 12.3. The summed E-state index contributed by atoms with van der Waals surface area (Å²) in [6, 6.07) is 14.4. The van der Waals surface area contributed by atoms with Crippen LogP contribution in [0.15, 0.2) is 42.5 Å². The van der Waals surface area contributed by atoms with Crippen LogP contribution in [0, 0.1) is 11.3 Å². The van der Waals surface area contributed by atoms with Crippen molar-refractivity contribution in [2.75, 3.05) is 11.9 Å². The quantitative estimate of drug-likeness (QED) is 0.918. The number of ether oxygens (including phenoxy) is 1. The third-order valence-electron chi connectivity index (χ3n) is 3.42. The van der Waals surface area contributed by atoms with E-state index in [4.69, 9.17) is 10.00 Å². The van der Waals surface area contributed by atoms with E-state index in [2.05, 4.69) is 11.4 Å². The number of carbonyl (C=O) groups excluding carboxylic acids is 1. The molecule has 1 aliphatic heterocycles. The van der Waals surface area contributed by atoms with Crippen LogP contribution in [0.2, 0.25) is 0 Å². The minimum absolute atomic E-state index is 0.182. The van der Waals surface area contributed by atoms with E-state index >= 15 is 0 Å². The zero-order chi connectivity index (χ0) is 14.7. The molecule has 0 saturated heterocycles. The molecule has 2 aromatic carbocycles. The Bertz CT molecular complexity index is 732. The minimum atomic E-state index is -0.182. The van der Waals surface area contributed by atoms with Crippen molar-refractivity contribution in [1.82, 2.24) is 0 Å². The monoisotopic (exact) mass is 278 g/mol. The van der Waals surface area contributed by atoms with Crippen molar-refractivity contribution < 1.29 is 9.53 Å². The summed E-state index contributed by atoms with van der Waals surface area (Å²) in [5.41, 5.74) is 2.81. The van der Waals surface area contributed by atoms with Crippen LogP contribution in [-0.4, -0.2) is 12.5 Å². The summed E-state index contributed by atoms with van der Waals surface area (Å²) in [5, 5.41) is 11.7. The van der Waals surface area contributed by atoms with Gasteiger partial charge >= 0.3 is 0 Å². The fraction of sp³-hybridized carbons (Fsp3) is 0.176. The van der Waals surface area contributed by atoms with Crippen molar-refractivity contribution in [3.8, 4) is 11.8 Å². The van der Waals surface area contributed by atoms with Crippen LogP contribution in [0.3, 0.4) is 0 Å². The van der Waals surface area contributed by atoms with E-state index in [9.17, 15) is 4.79 Å². The fourth-order valence-corrected chi connectivity index (χ4v) is 2.37. The first kappa shape index (κ1) is 13.2. The number of nitrogens with one attached hydrogen (secondary N) is 1. The molecule has 0 aromatic heterocycles. The molecule has 2 aromatic rings. The molecule has 4 heteroatoms. The summed E-state index contributed by atoms with van der Waals surface area (Å²) in [6.45, 7) is 0.736. The molecule has 0 bridgehead atoms. The maximum Gasteiger partial charge on any atom is 0.255 e. The van der Waals surface area contributed by atoms with Crippen LogP contribution >= 0.6 is 0 Å². The molecule has 1 N–H and O–H groups in total. The summed E-state index contributed by atoms with van der Waals surface area (Å²) in [5.74, 6) is 0.683. The summed E-state index contributed by atoms with van der Waals surface area (Å²) in [6.07, 6.45) is 1.91. The number of fused-ring (bicyclic) bond motifs is 1. The summed E-state index contributed by atoms with van der Waals surface area (Å²) >= 11 is 0. The largest absolute Gasteiger partial charge is 0.493 e. The maximum absolute atomic E-state index is 12.3. The molecule has 104 valence electrons. The third kappa shape index (κ3) is 2.87. The number of anilines is 1. The predicted octanol–water partition coefficient (Wildman–Crippen LogP) is 3.14. The number of nitrogens with zero attached hydrogens (tertiary/aromatic N) is 1. The second kappa shape index (κ2) is 5.68. The molecule has 1 aliphatic rings. The van der Waals surface area contributed by atoms with Gasteiger partial charge < -0.3 is 10.1 Å². The average Bonchev–Trinajstić information content (AvgIpc) is 2.54. The topological polar surface area (TPSA) is 62.1 Å². The first-order valence-electron chi connectivity index (χ1n) is 6.83. The fourth-order valence-electron chi connectivity index (χ4n) is 2.37. The summed E-state index contributed by atoms with van der Waals surface area (Å²) in [7, 11) is 0. The number of aryl methyl sites for hydroxylation is 1. The highest BCUT2D eigenvalue weighted by atomic mass is 16.5. The molecule has 0 aliphatic carbocycles. The lowest BCUT2D eigenvalue weighted by molar-refractivity contribution is 0.102. The highest BCUT2D eigenvalue weighted by molar-refractivity contribution is 6.04. The van der Waals surface area contributed by atoms with E-state index in [1.807, 2.05) is 12.1 Å². The Morgan fingerprint density at radius 2 is 2.14 bits per heavy atom. The normalized spacial score (nSPS) is 12.7. The highest BCUT2D eigenvalue weighted by Crippen LogP contribution is 2.26. The molecular formula is C17H14N2O2. The van der Waals surface area contributed by atoms with Gasteiger partial charge in [0.05, 0.1) is 18.2 Å². The zero-order valence-corrected chi connectivity index (χ0v) is 11.4. The molecule has 1 amide bonds. The van der Waals surface area contributed by atoms with Crippen molar-refractivity contribution in [3.05, 3.63) is 59.2 Å². The van der Waals surface area contributed by atoms with Crippen molar-refractivity contribution in [1.29, 1.82) is 5.26 Å². The molecule has 21 heavy (non-hydrogen) atoms. The van der Waals surface area contributed by atoms with E-state index < -0.39 is 0 Å². The van der Waals surface area contributed by atoms with E-state index in [0.29, 0.717) is 16.8 Å². The molecular weight excluding hydrogens is 264 g/mol. The van der Waals surface area contributed by atoms with Gasteiger partial charge in [0.15, 0.2) is 0 Å². The van der Waals surface area contributed by atoms with Crippen molar-refractivity contribution >= 4 is 11.6 Å². The molecule has 0 radical (unpaired) electrons. The second-order valence-electron chi connectivity index (χ2n) is 4.92. The van der Waals surface area contributed by atoms with Crippen LogP contribution < -0.4 is 10.1 Å². The predicted molar refractivity (Wildman–Crippen MR) is 79.4 cm³/mol. The van der Waals surface area contributed by atoms with Gasteiger partial charge in [0, 0.05) is 11.3 Å². The minimum Gasteiger partial charge on any atom is -0.493 e. The van der Waals surface area contributed by atoms with Gasteiger partial charge in [0.1, 0.15) is 5.75 Å². The zero-order valence-electron chi connectivity index (χ0n) is 11.4. The first-order valence-corrected chi connectivity index (χ1v) is 6.83. The Morgan fingerprint density at radius 3 is 3.00 bits per heavy atom. The smallest absolute Gasteiger partial charge is 0.255 e. The van der Waals surface area contributed by atoms with Crippen molar-refractivity contribution in [2.45, 2.75) is 12.8 Å². The number of rotatable bonds is 2. The molecule has 0 saturated carbocycles. The Hall–Kier alpha value is -2.80. The second-order valence-corrected chi connectivity index (χ2v) is 4.92. The molecule has 0 spiro atoms. The van der Waals surface area contributed by atoms with Gasteiger partial charge in [-0.2, -0.15) is 5.26 Å². The Kier molecular flexibility index (Phi) is 3.57. The van der Waals surface area contributed by atoms with Crippen molar-refractivity contribution in [3.63, 3.8) is 0 Å². The van der Waals surface area contributed by atoms with Gasteiger partial charge in [-0.1, -0.05) is 6.07 Å². The van der Waals surface area contributed by atoms with E-state index in [1.54, 1.807) is 30.3 Å². The lowest BCUT2D eigenvalue weighted by Crippen LogP contribution is -2.14. The third-order valence-corrected chi connectivity index (χ3v) is 3.42.